The molecule has 0 atom stereocenters. The Kier molecular flexibility index (Phi) is 0.997. The van der Waals surface area contributed by atoms with Gasteiger partial charge in [-0.2, -0.15) is 5.48 Å². The van der Waals surface area contributed by atoms with Crippen LogP contribution >= 0.6 is 0 Å². The van der Waals surface area contributed by atoms with Crippen molar-refractivity contribution in [2.45, 2.75) is 0 Å². The van der Waals surface area contributed by atoms with Crippen LogP contribution in [0, 0.1) is 0 Å². The molecule has 1 rings (SSSR count). The first-order valence-electron chi connectivity index (χ1n) is 2.07. The largest absolute Gasteiger partial charge is 0.491 e. The summed E-state index contributed by atoms with van der Waals surface area (Å²) in [4.78, 5) is 4.43. The van der Waals surface area contributed by atoms with Crippen LogP contribution < -0.4 is 11.2 Å². The average molecular weight is 114 g/mol. The van der Waals surface area contributed by atoms with Gasteiger partial charge in [0.1, 0.15) is 6.26 Å². The lowest BCUT2D eigenvalue weighted by Crippen LogP contribution is -2.18. The minimum Gasteiger partial charge on any atom is -0.491 e. The van der Waals surface area contributed by atoms with Gasteiger partial charge in [0.2, 0.25) is 5.88 Å². The van der Waals surface area contributed by atoms with E-state index in [9.17, 15) is 0 Å². The van der Waals surface area contributed by atoms with Gasteiger partial charge in [-0.1, -0.05) is 0 Å². The Morgan fingerprint density at radius 3 is 2.88 bits per heavy atom. The van der Waals surface area contributed by atoms with Crippen molar-refractivity contribution >= 4 is 0 Å². The number of nitrogens with two attached hydrogens (primary N) is 1. The number of nitrogens with one attached hydrogen (secondary N) is 1. The summed E-state index contributed by atoms with van der Waals surface area (Å²) in [6, 6.07) is 0. The van der Waals surface area contributed by atoms with Crippen LogP contribution in [0.4, 0.5) is 0 Å². The molecule has 44 valence electrons. The fraction of sp³-hybridized carbons (Fsp3) is 0. The summed E-state index contributed by atoms with van der Waals surface area (Å²) in [6.07, 6.45) is 2.79. The third-order valence-electron chi connectivity index (χ3n) is 0.745. The number of aliphatic hydroxyl groups excluding tert-OH is 1. The number of allylic oxidation sites excluding steroid dienone is 1. The molecule has 0 saturated carbocycles. The van der Waals surface area contributed by atoms with Gasteiger partial charge >= 0.3 is 0 Å². The summed E-state index contributed by atoms with van der Waals surface area (Å²) >= 11 is 0. The minimum atomic E-state index is -0.146. The summed E-state index contributed by atoms with van der Waals surface area (Å²) in [5.74, 6) is -0.146. The second kappa shape index (κ2) is 1.65. The summed E-state index contributed by atoms with van der Waals surface area (Å²) in [6.45, 7) is 0. The van der Waals surface area contributed by atoms with Gasteiger partial charge in [0.25, 0.3) is 0 Å². The molecule has 0 aliphatic carbocycles. The van der Waals surface area contributed by atoms with E-state index in [2.05, 4.69) is 10.3 Å². The number of rotatable bonds is 0. The van der Waals surface area contributed by atoms with Crippen molar-refractivity contribution in [3.8, 4) is 0 Å². The van der Waals surface area contributed by atoms with Crippen LogP contribution in [-0.2, 0) is 4.84 Å². The van der Waals surface area contributed by atoms with Gasteiger partial charge in [-0.3, -0.25) is 0 Å². The zero-order valence-corrected chi connectivity index (χ0v) is 4.09. The molecule has 0 aromatic carbocycles. The Labute approximate surface area is 46.2 Å². The standard InChI is InChI=1S/C4H6N2O2/c5-3-1-2-8-6-4(3)7/h1-2,6-7H,5H2. The molecule has 1 aliphatic heterocycles. The predicted octanol–water partition coefficient (Wildman–Crippen LogP) is -0.279. The fourth-order valence-electron chi connectivity index (χ4n) is 0.335. The van der Waals surface area contributed by atoms with Gasteiger partial charge in [0, 0.05) is 6.08 Å². The molecule has 0 aromatic rings. The van der Waals surface area contributed by atoms with Crippen molar-refractivity contribution in [2.24, 2.45) is 5.73 Å². The molecule has 8 heavy (non-hydrogen) atoms. The maximum absolute atomic E-state index is 8.64. The average Bonchev–Trinajstić information content (AvgIpc) is 1.77. The minimum absolute atomic E-state index is 0.146. The highest BCUT2D eigenvalue weighted by Gasteiger charge is 1.99. The van der Waals surface area contributed by atoms with Crippen LogP contribution in [0.1, 0.15) is 0 Å². The third-order valence-corrected chi connectivity index (χ3v) is 0.745. The third kappa shape index (κ3) is 0.676. The normalized spacial score (nSPS) is 17.5. The van der Waals surface area contributed by atoms with E-state index in [0.717, 1.165) is 0 Å². The highest BCUT2D eigenvalue weighted by atomic mass is 16.7. The summed E-state index contributed by atoms with van der Waals surface area (Å²) in [5, 5.41) is 8.64. The molecule has 0 spiro atoms. The first-order chi connectivity index (χ1) is 3.80. The number of hydrogen-bond acceptors (Lipinski definition) is 4. The molecule has 4 nitrogen and oxygen atoms in total. The van der Waals surface area contributed by atoms with Gasteiger partial charge in [0.05, 0.1) is 5.70 Å². The van der Waals surface area contributed by atoms with E-state index in [1.165, 1.54) is 12.3 Å². The van der Waals surface area contributed by atoms with Crippen LogP contribution in [0.5, 0.6) is 0 Å². The van der Waals surface area contributed by atoms with Crippen LogP contribution in [0.25, 0.3) is 0 Å². The summed E-state index contributed by atoms with van der Waals surface area (Å²) < 4.78 is 0. The molecular weight excluding hydrogens is 108 g/mol. The molecule has 1 aliphatic rings. The van der Waals surface area contributed by atoms with E-state index in [-0.39, 0.29) is 11.6 Å². The maximum atomic E-state index is 8.64. The molecule has 4 heteroatoms. The number of aliphatic hydroxyl groups is 1. The lowest BCUT2D eigenvalue weighted by Gasteiger charge is -2.08. The molecule has 0 amide bonds. The van der Waals surface area contributed by atoms with Crippen molar-refractivity contribution in [3.63, 3.8) is 0 Å². The van der Waals surface area contributed by atoms with E-state index >= 15 is 0 Å². The van der Waals surface area contributed by atoms with Crippen molar-refractivity contribution < 1.29 is 9.94 Å². The van der Waals surface area contributed by atoms with Crippen molar-refractivity contribution in [1.29, 1.82) is 0 Å². The van der Waals surface area contributed by atoms with Gasteiger partial charge in [-0.05, 0) is 0 Å². The van der Waals surface area contributed by atoms with Crippen LogP contribution in [0.15, 0.2) is 23.9 Å². The van der Waals surface area contributed by atoms with Crippen LogP contribution in [-0.4, -0.2) is 5.11 Å². The first kappa shape index (κ1) is 4.83. The molecular formula is C4H6N2O2. The molecule has 4 N–H and O–H groups in total. The zero-order chi connectivity index (χ0) is 5.98. The van der Waals surface area contributed by atoms with Gasteiger partial charge in [-0.25, -0.2) is 0 Å². The Morgan fingerprint density at radius 2 is 2.50 bits per heavy atom. The molecule has 0 unspecified atom stereocenters. The molecule has 0 radical (unpaired) electrons. The molecule has 0 bridgehead atoms. The van der Waals surface area contributed by atoms with E-state index in [0.29, 0.717) is 0 Å². The Bertz CT molecular complexity index is 150. The monoisotopic (exact) mass is 114 g/mol. The summed E-state index contributed by atoms with van der Waals surface area (Å²) in [5.41, 5.74) is 7.61. The van der Waals surface area contributed by atoms with E-state index in [1.54, 1.807) is 0 Å². The maximum Gasteiger partial charge on any atom is 0.241 e. The highest BCUT2D eigenvalue weighted by Crippen LogP contribution is 1.97. The summed E-state index contributed by atoms with van der Waals surface area (Å²) in [7, 11) is 0. The molecule has 0 saturated heterocycles. The quantitative estimate of drug-likeness (QED) is 0.405. The van der Waals surface area contributed by atoms with E-state index < -0.39 is 0 Å². The van der Waals surface area contributed by atoms with Crippen molar-refractivity contribution in [2.75, 3.05) is 0 Å². The van der Waals surface area contributed by atoms with Crippen molar-refractivity contribution in [3.05, 3.63) is 23.9 Å². The molecule has 0 fully saturated rings. The van der Waals surface area contributed by atoms with E-state index in [1.807, 2.05) is 0 Å². The number of hydrogen-bond donors (Lipinski definition) is 3. The Balaban J connectivity index is 2.76. The smallest absolute Gasteiger partial charge is 0.241 e. The molecule has 0 aromatic heterocycles. The van der Waals surface area contributed by atoms with Crippen LogP contribution in [0.2, 0.25) is 0 Å². The van der Waals surface area contributed by atoms with Gasteiger partial charge in [0.15, 0.2) is 0 Å². The lowest BCUT2D eigenvalue weighted by molar-refractivity contribution is 0.106. The highest BCUT2D eigenvalue weighted by molar-refractivity contribution is 5.16. The fourth-order valence-corrected chi connectivity index (χ4v) is 0.335. The van der Waals surface area contributed by atoms with Gasteiger partial charge in [-0.15, -0.1) is 0 Å². The Hall–Kier alpha value is -1.32. The zero-order valence-electron chi connectivity index (χ0n) is 4.09. The molecule has 1 heterocycles. The second-order valence-corrected chi connectivity index (χ2v) is 1.33. The number of hydroxylamine groups is 1. The second-order valence-electron chi connectivity index (χ2n) is 1.33. The first-order valence-corrected chi connectivity index (χ1v) is 2.07. The predicted molar refractivity (Wildman–Crippen MR) is 27.2 cm³/mol. The topological polar surface area (TPSA) is 67.5 Å². The lowest BCUT2D eigenvalue weighted by atomic mass is 10.4. The van der Waals surface area contributed by atoms with Gasteiger partial charge < -0.3 is 15.7 Å². The van der Waals surface area contributed by atoms with Crippen LogP contribution in [0.3, 0.4) is 0 Å². The Morgan fingerprint density at radius 1 is 1.75 bits per heavy atom. The van der Waals surface area contributed by atoms with E-state index in [4.69, 9.17) is 10.8 Å². The SMILES string of the molecule is NC1=C(O)NOC=C1. The van der Waals surface area contributed by atoms with Crippen molar-refractivity contribution in [1.82, 2.24) is 5.48 Å².